The lowest BCUT2D eigenvalue weighted by atomic mass is 9.83. The number of rotatable bonds is 4. The summed E-state index contributed by atoms with van der Waals surface area (Å²) in [6.07, 6.45) is 3.17. The van der Waals surface area contributed by atoms with E-state index in [0.29, 0.717) is 18.8 Å². The van der Waals surface area contributed by atoms with Crippen LogP contribution in [0.25, 0.3) is 0 Å². The normalized spacial score (nSPS) is 19.4. The van der Waals surface area contributed by atoms with Gasteiger partial charge in [0.25, 0.3) is 0 Å². The van der Waals surface area contributed by atoms with Crippen LogP contribution >= 0.6 is 0 Å². The van der Waals surface area contributed by atoms with E-state index in [2.05, 4.69) is 6.92 Å². The van der Waals surface area contributed by atoms with Crippen LogP contribution in [0.3, 0.4) is 0 Å². The molecule has 27 heavy (non-hydrogen) atoms. The van der Waals surface area contributed by atoms with E-state index in [4.69, 9.17) is 9.47 Å². The highest BCUT2D eigenvalue weighted by atomic mass is 19.2. The van der Waals surface area contributed by atoms with Gasteiger partial charge in [-0.15, -0.1) is 0 Å². The molecule has 1 aliphatic rings. The van der Waals surface area contributed by atoms with Crippen LogP contribution in [0.1, 0.15) is 43.0 Å². The van der Waals surface area contributed by atoms with E-state index < -0.39 is 35.1 Å². The van der Waals surface area contributed by atoms with E-state index in [1.807, 2.05) is 0 Å². The molecule has 2 aromatic carbocycles. The van der Waals surface area contributed by atoms with Crippen LogP contribution in [-0.4, -0.2) is 11.9 Å². The quantitative estimate of drug-likeness (QED) is 0.563. The smallest absolute Gasteiger partial charge is 0.343 e. The van der Waals surface area contributed by atoms with Crippen LogP contribution in [0.15, 0.2) is 42.5 Å². The highest BCUT2D eigenvalue weighted by molar-refractivity contribution is 5.91. The van der Waals surface area contributed by atoms with Crippen molar-refractivity contribution in [2.75, 3.05) is 0 Å². The summed E-state index contributed by atoms with van der Waals surface area (Å²) in [5.41, 5.74) is 0.208. The summed E-state index contributed by atoms with van der Waals surface area (Å²) in [7, 11) is 0. The minimum absolute atomic E-state index is 0.208. The van der Waals surface area contributed by atoms with E-state index in [1.54, 1.807) is 18.2 Å². The van der Waals surface area contributed by atoms with Gasteiger partial charge in [0.2, 0.25) is 11.6 Å². The van der Waals surface area contributed by atoms with Gasteiger partial charge < -0.3 is 9.47 Å². The number of esters is 2. The van der Waals surface area contributed by atoms with Gasteiger partial charge in [-0.3, -0.25) is 4.79 Å². The summed E-state index contributed by atoms with van der Waals surface area (Å²) in [6, 6.07) is 10.1. The first-order valence-electron chi connectivity index (χ1n) is 8.92. The Labute approximate surface area is 156 Å². The van der Waals surface area contributed by atoms with Gasteiger partial charge in [0.1, 0.15) is 0 Å². The van der Waals surface area contributed by atoms with Crippen LogP contribution < -0.4 is 9.47 Å². The summed E-state index contributed by atoms with van der Waals surface area (Å²) in [4.78, 5) is 24.2. The van der Waals surface area contributed by atoms with Gasteiger partial charge in [-0.1, -0.05) is 25.1 Å². The molecule has 0 heterocycles. The second-order valence-corrected chi connectivity index (χ2v) is 6.82. The second kappa shape index (κ2) is 8.29. The maximum atomic E-state index is 14.3. The van der Waals surface area contributed by atoms with Crippen LogP contribution in [0.4, 0.5) is 8.78 Å². The number of benzene rings is 2. The molecule has 1 fully saturated rings. The Morgan fingerprint density at radius 3 is 2.00 bits per heavy atom. The minimum Gasteiger partial charge on any atom is -0.423 e. The standard InChI is InChI=1S/C21H20F2O4/c1-13-7-9-15(10-8-13)21(25)27-17-12-11-16(18(22)19(17)23)26-20(24)14-5-3-2-4-6-14/h2-6,11-13,15H,7-10H2,1H3. The van der Waals surface area contributed by atoms with E-state index in [1.165, 1.54) is 12.1 Å². The predicted octanol–water partition coefficient (Wildman–Crippen LogP) is 4.92. The van der Waals surface area contributed by atoms with E-state index in [0.717, 1.165) is 25.0 Å². The first-order valence-corrected chi connectivity index (χ1v) is 8.92. The fourth-order valence-electron chi connectivity index (χ4n) is 3.09. The lowest BCUT2D eigenvalue weighted by Crippen LogP contribution is -2.25. The summed E-state index contributed by atoms with van der Waals surface area (Å²) in [6.45, 7) is 2.12. The molecule has 0 amide bonds. The van der Waals surface area contributed by atoms with Crippen molar-refractivity contribution in [3.63, 3.8) is 0 Å². The Kier molecular flexibility index (Phi) is 5.84. The van der Waals surface area contributed by atoms with Crippen molar-refractivity contribution in [3.8, 4) is 11.5 Å². The third-order valence-corrected chi connectivity index (χ3v) is 4.78. The minimum atomic E-state index is -1.37. The zero-order valence-electron chi connectivity index (χ0n) is 14.9. The highest BCUT2D eigenvalue weighted by Gasteiger charge is 2.28. The van der Waals surface area contributed by atoms with Crippen LogP contribution in [0, 0.1) is 23.5 Å². The molecule has 142 valence electrons. The maximum absolute atomic E-state index is 14.3. The van der Waals surface area contributed by atoms with Crippen LogP contribution in [-0.2, 0) is 4.79 Å². The summed E-state index contributed by atoms with van der Waals surface area (Å²) >= 11 is 0. The molecule has 0 bridgehead atoms. The largest absolute Gasteiger partial charge is 0.423 e. The first-order chi connectivity index (χ1) is 13.0. The highest BCUT2D eigenvalue weighted by Crippen LogP contribution is 2.32. The fraction of sp³-hybridized carbons (Fsp3) is 0.333. The lowest BCUT2D eigenvalue weighted by molar-refractivity contribution is -0.140. The number of ether oxygens (including phenoxy) is 2. The van der Waals surface area contributed by atoms with E-state index >= 15 is 0 Å². The van der Waals surface area contributed by atoms with Crippen molar-refractivity contribution in [2.45, 2.75) is 32.6 Å². The molecule has 1 saturated carbocycles. The van der Waals surface area contributed by atoms with Gasteiger partial charge in [0.05, 0.1) is 11.5 Å². The molecule has 3 rings (SSSR count). The van der Waals surface area contributed by atoms with Gasteiger partial charge in [-0.2, -0.15) is 8.78 Å². The predicted molar refractivity (Wildman–Crippen MR) is 94.5 cm³/mol. The Hall–Kier alpha value is -2.76. The molecule has 0 saturated heterocycles. The van der Waals surface area contributed by atoms with Gasteiger partial charge >= 0.3 is 11.9 Å². The Balaban J connectivity index is 1.69. The third kappa shape index (κ3) is 4.51. The van der Waals surface area contributed by atoms with Crippen molar-refractivity contribution >= 4 is 11.9 Å². The van der Waals surface area contributed by atoms with E-state index in [9.17, 15) is 18.4 Å². The lowest BCUT2D eigenvalue weighted by Gasteiger charge is -2.24. The average molecular weight is 374 g/mol. The number of carbonyl (C=O) groups excluding carboxylic acids is 2. The fourth-order valence-corrected chi connectivity index (χ4v) is 3.09. The Bertz CT molecular complexity index is 828. The molecular weight excluding hydrogens is 354 g/mol. The van der Waals surface area contributed by atoms with E-state index in [-0.39, 0.29) is 11.5 Å². The van der Waals surface area contributed by atoms with Gasteiger partial charge in [0, 0.05) is 0 Å². The molecule has 0 radical (unpaired) electrons. The monoisotopic (exact) mass is 374 g/mol. The summed E-state index contributed by atoms with van der Waals surface area (Å²) in [5, 5.41) is 0. The van der Waals surface area contributed by atoms with Crippen molar-refractivity contribution < 1.29 is 27.8 Å². The molecule has 0 atom stereocenters. The molecule has 4 nitrogen and oxygen atoms in total. The summed E-state index contributed by atoms with van der Waals surface area (Å²) < 4.78 is 38.5. The molecular formula is C21H20F2O4. The number of carbonyl (C=O) groups is 2. The Morgan fingerprint density at radius 1 is 0.852 bits per heavy atom. The van der Waals surface area contributed by atoms with Crippen molar-refractivity contribution in [1.82, 2.24) is 0 Å². The van der Waals surface area contributed by atoms with Gasteiger partial charge in [-0.05, 0) is 55.9 Å². The first kappa shape index (κ1) is 19.0. The van der Waals surface area contributed by atoms with Crippen molar-refractivity contribution in [3.05, 3.63) is 59.7 Å². The zero-order chi connectivity index (χ0) is 19.4. The SMILES string of the molecule is CC1CCC(C(=O)Oc2ccc(OC(=O)c3ccccc3)c(F)c2F)CC1. The topological polar surface area (TPSA) is 52.6 Å². The van der Waals surface area contributed by atoms with Crippen LogP contribution in [0.5, 0.6) is 11.5 Å². The third-order valence-electron chi connectivity index (χ3n) is 4.78. The van der Waals surface area contributed by atoms with Crippen molar-refractivity contribution in [2.24, 2.45) is 11.8 Å². The van der Waals surface area contributed by atoms with Crippen molar-refractivity contribution in [1.29, 1.82) is 0 Å². The second-order valence-electron chi connectivity index (χ2n) is 6.82. The molecule has 0 unspecified atom stereocenters. The molecule has 0 aliphatic heterocycles. The van der Waals surface area contributed by atoms with Crippen LogP contribution in [0.2, 0.25) is 0 Å². The molecule has 0 aromatic heterocycles. The maximum Gasteiger partial charge on any atom is 0.343 e. The Morgan fingerprint density at radius 2 is 1.41 bits per heavy atom. The average Bonchev–Trinajstić information content (AvgIpc) is 2.68. The summed E-state index contributed by atoms with van der Waals surface area (Å²) in [5.74, 6) is -4.92. The number of hydrogen-bond acceptors (Lipinski definition) is 4. The number of hydrogen-bond donors (Lipinski definition) is 0. The molecule has 6 heteroatoms. The molecule has 2 aromatic rings. The van der Waals surface area contributed by atoms with Gasteiger partial charge in [-0.25, -0.2) is 4.79 Å². The molecule has 1 aliphatic carbocycles. The zero-order valence-corrected chi connectivity index (χ0v) is 14.9. The molecule has 0 spiro atoms. The number of halogens is 2. The molecule has 0 N–H and O–H groups in total. The van der Waals surface area contributed by atoms with Gasteiger partial charge in [0.15, 0.2) is 11.5 Å².